The maximum Gasteiger partial charge on any atom is 0.0627 e. The van der Waals surface area contributed by atoms with Crippen molar-refractivity contribution in [2.24, 2.45) is 5.92 Å². The molecule has 0 saturated heterocycles. The third kappa shape index (κ3) is 4.17. The molecule has 1 aromatic heterocycles. The molecule has 0 amide bonds. The molecule has 0 aliphatic carbocycles. The van der Waals surface area contributed by atoms with Gasteiger partial charge in [0.1, 0.15) is 0 Å². The highest BCUT2D eigenvalue weighted by molar-refractivity contribution is 6.20. The summed E-state index contributed by atoms with van der Waals surface area (Å²) in [5.41, 5.74) is 1.19. The molecular weight excluding hydrogens is 220 g/mol. The number of alkyl halides is 1. The summed E-state index contributed by atoms with van der Waals surface area (Å²) in [6.07, 6.45) is 5.29. The largest absolute Gasteiger partial charge is 0.270 e. The molecule has 2 nitrogen and oxygen atoms in total. The van der Waals surface area contributed by atoms with Gasteiger partial charge in [-0.25, -0.2) is 0 Å². The van der Waals surface area contributed by atoms with E-state index in [9.17, 15) is 0 Å². The number of hydrogen-bond donors (Lipinski definition) is 0. The highest BCUT2D eigenvalue weighted by Gasteiger charge is 2.10. The SMILES string of the molecule is CCC(C)n1ccc(CC(C)CC(C)Cl)n1. The molecule has 1 heterocycles. The van der Waals surface area contributed by atoms with Crippen LogP contribution in [0, 0.1) is 5.92 Å². The number of hydrogen-bond acceptors (Lipinski definition) is 1. The summed E-state index contributed by atoms with van der Waals surface area (Å²) in [5, 5.41) is 4.86. The maximum absolute atomic E-state index is 5.99. The van der Waals surface area contributed by atoms with Crippen molar-refractivity contribution in [1.82, 2.24) is 9.78 Å². The Morgan fingerprint density at radius 2 is 2.06 bits per heavy atom. The van der Waals surface area contributed by atoms with E-state index < -0.39 is 0 Å². The molecule has 0 saturated carbocycles. The van der Waals surface area contributed by atoms with Gasteiger partial charge < -0.3 is 0 Å². The van der Waals surface area contributed by atoms with Gasteiger partial charge in [-0.05, 0) is 45.1 Å². The first-order valence-electron chi connectivity index (χ1n) is 6.21. The van der Waals surface area contributed by atoms with Crippen LogP contribution >= 0.6 is 11.6 Å². The molecule has 0 radical (unpaired) electrons. The Bertz CT molecular complexity index is 307. The first-order valence-corrected chi connectivity index (χ1v) is 6.64. The third-order valence-electron chi connectivity index (χ3n) is 2.99. The van der Waals surface area contributed by atoms with Crippen LogP contribution in [0.15, 0.2) is 12.3 Å². The summed E-state index contributed by atoms with van der Waals surface area (Å²) in [7, 11) is 0. The van der Waals surface area contributed by atoms with Crippen molar-refractivity contribution in [2.45, 2.75) is 58.4 Å². The minimum Gasteiger partial charge on any atom is -0.270 e. The van der Waals surface area contributed by atoms with E-state index in [1.165, 1.54) is 5.69 Å². The zero-order valence-corrected chi connectivity index (χ0v) is 11.5. The fourth-order valence-electron chi connectivity index (χ4n) is 1.91. The molecule has 3 heteroatoms. The molecule has 0 aromatic carbocycles. The van der Waals surface area contributed by atoms with Crippen LogP contribution < -0.4 is 0 Å². The average Bonchev–Trinajstić information content (AvgIpc) is 2.63. The minimum atomic E-state index is 0.256. The first-order chi connectivity index (χ1) is 7.52. The molecule has 16 heavy (non-hydrogen) atoms. The van der Waals surface area contributed by atoms with Crippen molar-refractivity contribution >= 4 is 11.6 Å². The minimum absolute atomic E-state index is 0.256. The molecule has 1 aromatic rings. The summed E-state index contributed by atoms with van der Waals surface area (Å²) in [5.74, 6) is 0.604. The van der Waals surface area contributed by atoms with E-state index in [0.717, 1.165) is 19.3 Å². The van der Waals surface area contributed by atoms with Gasteiger partial charge in [-0.15, -0.1) is 11.6 Å². The van der Waals surface area contributed by atoms with Gasteiger partial charge in [-0.1, -0.05) is 13.8 Å². The molecular formula is C13H23ClN2. The second-order valence-corrected chi connectivity index (χ2v) is 5.62. The lowest BCUT2D eigenvalue weighted by molar-refractivity contribution is 0.463. The van der Waals surface area contributed by atoms with E-state index in [4.69, 9.17) is 11.6 Å². The first kappa shape index (κ1) is 13.6. The van der Waals surface area contributed by atoms with Crippen LogP contribution in [0.3, 0.4) is 0 Å². The van der Waals surface area contributed by atoms with Crippen molar-refractivity contribution in [2.75, 3.05) is 0 Å². The van der Waals surface area contributed by atoms with E-state index in [1.54, 1.807) is 0 Å². The van der Waals surface area contributed by atoms with E-state index >= 15 is 0 Å². The Morgan fingerprint density at radius 1 is 1.38 bits per heavy atom. The number of aromatic nitrogens is 2. The molecule has 0 bridgehead atoms. The van der Waals surface area contributed by atoms with E-state index in [0.29, 0.717) is 12.0 Å². The normalized spacial score (nSPS) is 17.1. The number of rotatable bonds is 6. The van der Waals surface area contributed by atoms with Gasteiger partial charge in [0, 0.05) is 17.6 Å². The molecule has 92 valence electrons. The zero-order chi connectivity index (χ0) is 12.1. The highest BCUT2D eigenvalue weighted by atomic mass is 35.5. The molecule has 0 spiro atoms. The quantitative estimate of drug-likeness (QED) is 0.689. The molecule has 0 fully saturated rings. The van der Waals surface area contributed by atoms with E-state index in [2.05, 4.69) is 49.7 Å². The predicted octanol–water partition coefficient (Wildman–Crippen LogP) is 4.05. The van der Waals surface area contributed by atoms with Crippen LogP contribution in [0.1, 0.15) is 52.3 Å². The molecule has 0 aliphatic rings. The molecule has 0 aliphatic heterocycles. The Hall–Kier alpha value is -0.500. The van der Waals surface area contributed by atoms with Gasteiger partial charge in [-0.3, -0.25) is 4.68 Å². The lowest BCUT2D eigenvalue weighted by Gasteiger charge is -2.11. The van der Waals surface area contributed by atoms with Crippen molar-refractivity contribution in [3.63, 3.8) is 0 Å². The van der Waals surface area contributed by atoms with Crippen molar-refractivity contribution < 1.29 is 0 Å². The van der Waals surface area contributed by atoms with Crippen LogP contribution in [-0.4, -0.2) is 15.2 Å². The van der Waals surface area contributed by atoms with E-state index in [1.807, 2.05) is 0 Å². The summed E-state index contributed by atoms with van der Waals surface area (Å²) >= 11 is 5.99. The van der Waals surface area contributed by atoms with Crippen LogP contribution in [0.25, 0.3) is 0 Å². The lowest BCUT2D eigenvalue weighted by atomic mass is 10.0. The monoisotopic (exact) mass is 242 g/mol. The molecule has 1 rings (SSSR count). The molecule has 0 N–H and O–H groups in total. The second-order valence-electron chi connectivity index (χ2n) is 4.87. The van der Waals surface area contributed by atoms with E-state index in [-0.39, 0.29) is 5.38 Å². The van der Waals surface area contributed by atoms with Crippen LogP contribution in [-0.2, 0) is 6.42 Å². The lowest BCUT2D eigenvalue weighted by Crippen LogP contribution is -2.08. The molecule has 3 atom stereocenters. The fraction of sp³-hybridized carbons (Fsp3) is 0.769. The Morgan fingerprint density at radius 3 is 2.62 bits per heavy atom. The van der Waals surface area contributed by atoms with Crippen LogP contribution in [0.2, 0.25) is 0 Å². The summed E-state index contributed by atoms with van der Waals surface area (Å²) in [6, 6.07) is 2.62. The van der Waals surface area contributed by atoms with Crippen LogP contribution in [0.4, 0.5) is 0 Å². The van der Waals surface area contributed by atoms with Crippen molar-refractivity contribution in [3.05, 3.63) is 18.0 Å². The van der Waals surface area contributed by atoms with Gasteiger partial charge in [0.15, 0.2) is 0 Å². The third-order valence-corrected chi connectivity index (χ3v) is 3.17. The van der Waals surface area contributed by atoms with Crippen molar-refractivity contribution in [1.29, 1.82) is 0 Å². The van der Waals surface area contributed by atoms with Gasteiger partial charge >= 0.3 is 0 Å². The summed E-state index contributed by atoms with van der Waals surface area (Å²) in [6.45, 7) is 8.67. The number of nitrogens with zero attached hydrogens (tertiary/aromatic N) is 2. The molecule has 3 unspecified atom stereocenters. The number of halogens is 1. The summed E-state index contributed by atoms with van der Waals surface area (Å²) < 4.78 is 2.06. The van der Waals surface area contributed by atoms with Gasteiger partial charge in [0.2, 0.25) is 0 Å². The topological polar surface area (TPSA) is 17.8 Å². The van der Waals surface area contributed by atoms with Gasteiger partial charge in [-0.2, -0.15) is 5.10 Å². The standard InChI is InChI=1S/C13H23ClN2/c1-5-12(4)16-7-6-13(15-16)9-10(2)8-11(3)14/h6-7,10-12H,5,8-9H2,1-4H3. The maximum atomic E-state index is 5.99. The van der Waals surface area contributed by atoms with Crippen molar-refractivity contribution in [3.8, 4) is 0 Å². The Labute approximate surface area is 104 Å². The summed E-state index contributed by atoms with van der Waals surface area (Å²) in [4.78, 5) is 0. The van der Waals surface area contributed by atoms with Crippen LogP contribution in [0.5, 0.6) is 0 Å². The fourth-order valence-corrected chi connectivity index (χ4v) is 2.22. The smallest absolute Gasteiger partial charge is 0.0627 e. The predicted molar refractivity (Wildman–Crippen MR) is 70.0 cm³/mol. The highest BCUT2D eigenvalue weighted by Crippen LogP contribution is 2.16. The van der Waals surface area contributed by atoms with Gasteiger partial charge in [0.05, 0.1) is 5.69 Å². The average molecular weight is 243 g/mol. The Kier molecular flexibility index (Phi) is 5.33. The zero-order valence-electron chi connectivity index (χ0n) is 10.8. The second kappa shape index (κ2) is 6.29. The van der Waals surface area contributed by atoms with Gasteiger partial charge in [0.25, 0.3) is 0 Å². The Balaban J connectivity index is 2.51.